The maximum atomic E-state index is 6.15. The van der Waals surface area contributed by atoms with E-state index in [1.165, 1.54) is 5.56 Å². The quantitative estimate of drug-likeness (QED) is 0.839. The minimum absolute atomic E-state index is 0.489. The molecule has 1 unspecified atom stereocenters. The van der Waals surface area contributed by atoms with Crippen LogP contribution in [0.15, 0.2) is 18.2 Å². The summed E-state index contributed by atoms with van der Waals surface area (Å²) in [5, 5.41) is 0.677. The molecule has 0 aliphatic carbocycles. The first kappa shape index (κ1) is 14.3. The lowest BCUT2D eigenvalue weighted by Crippen LogP contribution is -2.10. The molecule has 0 aromatic heterocycles. The summed E-state index contributed by atoms with van der Waals surface area (Å²) in [5.74, 6) is 1.88. The van der Waals surface area contributed by atoms with Crippen LogP contribution in [-0.4, -0.2) is 13.7 Å². The van der Waals surface area contributed by atoms with E-state index in [0.717, 1.165) is 18.6 Å². The molecule has 1 atom stereocenters. The van der Waals surface area contributed by atoms with Gasteiger partial charge < -0.3 is 10.5 Å². The van der Waals surface area contributed by atoms with Crippen molar-refractivity contribution < 1.29 is 4.74 Å². The smallest absolute Gasteiger partial charge is 0.137 e. The predicted octanol–water partition coefficient (Wildman–Crippen LogP) is 3.83. The largest absolute Gasteiger partial charge is 0.495 e. The Kier molecular flexibility index (Phi) is 5.79. The van der Waals surface area contributed by atoms with E-state index in [9.17, 15) is 0 Å². The van der Waals surface area contributed by atoms with Gasteiger partial charge in [0.2, 0.25) is 0 Å². The molecular formula is C14H22ClNO. The zero-order valence-electron chi connectivity index (χ0n) is 10.9. The molecule has 2 N–H and O–H groups in total. The van der Waals surface area contributed by atoms with Crippen molar-refractivity contribution in [3.8, 4) is 5.75 Å². The number of rotatable bonds is 6. The van der Waals surface area contributed by atoms with Gasteiger partial charge in [0.25, 0.3) is 0 Å². The van der Waals surface area contributed by atoms with E-state index in [4.69, 9.17) is 22.1 Å². The third-order valence-electron chi connectivity index (χ3n) is 2.92. The van der Waals surface area contributed by atoms with Gasteiger partial charge in [-0.3, -0.25) is 0 Å². The van der Waals surface area contributed by atoms with Crippen molar-refractivity contribution in [3.05, 3.63) is 28.8 Å². The van der Waals surface area contributed by atoms with Crippen molar-refractivity contribution in [2.75, 3.05) is 13.7 Å². The van der Waals surface area contributed by atoms with E-state index in [0.29, 0.717) is 23.4 Å². The Morgan fingerprint density at radius 2 is 2.06 bits per heavy atom. The summed E-state index contributed by atoms with van der Waals surface area (Å²) in [5.41, 5.74) is 6.94. The highest BCUT2D eigenvalue weighted by Gasteiger charge is 2.14. The molecule has 0 fully saturated rings. The van der Waals surface area contributed by atoms with Crippen LogP contribution in [-0.2, 0) is 0 Å². The summed E-state index contributed by atoms with van der Waals surface area (Å²) in [6, 6.07) is 6.03. The van der Waals surface area contributed by atoms with Crippen LogP contribution in [0.1, 0.15) is 38.2 Å². The molecule has 1 aromatic carbocycles. The van der Waals surface area contributed by atoms with Crippen molar-refractivity contribution in [1.82, 2.24) is 0 Å². The van der Waals surface area contributed by atoms with E-state index in [2.05, 4.69) is 19.9 Å². The molecule has 0 spiro atoms. The fourth-order valence-corrected chi connectivity index (χ4v) is 2.39. The van der Waals surface area contributed by atoms with Crippen molar-refractivity contribution in [2.24, 2.45) is 11.7 Å². The Morgan fingerprint density at radius 3 is 2.53 bits per heavy atom. The fraction of sp³-hybridized carbons (Fsp3) is 0.571. The lowest BCUT2D eigenvalue weighted by molar-refractivity contribution is 0.414. The molecular weight excluding hydrogens is 234 g/mol. The zero-order chi connectivity index (χ0) is 12.8. The first-order valence-corrected chi connectivity index (χ1v) is 6.49. The molecule has 0 amide bonds. The summed E-state index contributed by atoms with van der Waals surface area (Å²) in [4.78, 5) is 0. The van der Waals surface area contributed by atoms with Crippen LogP contribution in [0.5, 0.6) is 5.75 Å². The zero-order valence-corrected chi connectivity index (χ0v) is 11.6. The Balaban J connectivity index is 2.89. The molecule has 0 saturated heterocycles. The third kappa shape index (κ3) is 4.21. The van der Waals surface area contributed by atoms with Gasteiger partial charge in [0, 0.05) is 0 Å². The monoisotopic (exact) mass is 255 g/mol. The van der Waals surface area contributed by atoms with Gasteiger partial charge in [-0.2, -0.15) is 0 Å². The maximum Gasteiger partial charge on any atom is 0.137 e. The molecule has 0 radical (unpaired) electrons. The molecule has 0 saturated carbocycles. The van der Waals surface area contributed by atoms with Gasteiger partial charge in [0.05, 0.1) is 12.1 Å². The minimum atomic E-state index is 0.489. The van der Waals surface area contributed by atoms with Crippen molar-refractivity contribution in [2.45, 2.75) is 32.6 Å². The first-order valence-electron chi connectivity index (χ1n) is 6.12. The van der Waals surface area contributed by atoms with Crippen LogP contribution < -0.4 is 10.5 Å². The van der Waals surface area contributed by atoms with Crippen LogP contribution in [0.25, 0.3) is 0 Å². The number of nitrogens with two attached hydrogens (primary N) is 1. The van der Waals surface area contributed by atoms with Crippen molar-refractivity contribution in [1.29, 1.82) is 0 Å². The van der Waals surface area contributed by atoms with E-state index in [-0.39, 0.29) is 0 Å². The van der Waals surface area contributed by atoms with Crippen LogP contribution in [0.3, 0.4) is 0 Å². The third-order valence-corrected chi connectivity index (χ3v) is 3.21. The van der Waals surface area contributed by atoms with E-state index in [1.54, 1.807) is 7.11 Å². The van der Waals surface area contributed by atoms with Gasteiger partial charge in [-0.25, -0.2) is 0 Å². The average Bonchev–Trinajstić information content (AvgIpc) is 2.28. The topological polar surface area (TPSA) is 35.2 Å². The summed E-state index contributed by atoms with van der Waals surface area (Å²) in [7, 11) is 1.63. The highest BCUT2D eigenvalue weighted by Crippen LogP contribution is 2.32. The second-order valence-corrected chi connectivity index (χ2v) is 5.21. The van der Waals surface area contributed by atoms with Crippen LogP contribution >= 0.6 is 11.6 Å². The standard InChI is InChI=1S/C14H22ClNO/c1-10(2)8-12(6-7-16)11-4-5-14(17-3)13(15)9-11/h4-5,9-10,12H,6-8,16H2,1-3H3. The summed E-state index contributed by atoms with van der Waals surface area (Å²) in [6.45, 7) is 5.17. The molecule has 0 aliphatic heterocycles. The Bertz CT molecular complexity index is 352. The second-order valence-electron chi connectivity index (χ2n) is 4.80. The van der Waals surface area contributed by atoms with E-state index < -0.39 is 0 Å². The van der Waals surface area contributed by atoms with Crippen molar-refractivity contribution >= 4 is 11.6 Å². The first-order chi connectivity index (χ1) is 8.08. The molecule has 96 valence electrons. The van der Waals surface area contributed by atoms with Gasteiger partial charge in [-0.1, -0.05) is 31.5 Å². The number of halogens is 1. The van der Waals surface area contributed by atoms with Gasteiger partial charge in [0.1, 0.15) is 5.75 Å². The summed E-state index contributed by atoms with van der Waals surface area (Å²) in [6.07, 6.45) is 2.14. The van der Waals surface area contributed by atoms with Gasteiger partial charge >= 0.3 is 0 Å². The Labute approximate surface area is 109 Å². The molecule has 0 bridgehead atoms. The van der Waals surface area contributed by atoms with Crippen molar-refractivity contribution in [3.63, 3.8) is 0 Å². The van der Waals surface area contributed by atoms with E-state index in [1.807, 2.05) is 12.1 Å². The number of ether oxygens (including phenoxy) is 1. The Morgan fingerprint density at radius 1 is 1.35 bits per heavy atom. The van der Waals surface area contributed by atoms with Crippen LogP contribution in [0.4, 0.5) is 0 Å². The van der Waals surface area contributed by atoms with Crippen LogP contribution in [0, 0.1) is 5.92 Å². The number of hydrogen-bond donors (Lipinski definition) is 1. The second kappa shape index (κ2) is 6.87. The molecule has 17 heavy (non-hydrogen) atoms. The van der Waals surface area contributed by atoms with Gasteiger partial charge in [0.15, 0.2) is 0 Å². The molecule has 2 nitrogen and oxygen atoms in total. The number of benzene rings is 1. The fourth-order valence-electron chi connectivity index (χ4n) is 2.13. The summed E-state index contributed by atoms with van der Waals surface area (Å²) < 4.78 is 5.16. The normalized spacial score (nSPS) is 12.8. The van der Waals surface area contributed by atoms with Crippen LogP contribution in [0.2, 0.25) is 5.02 Å². The number of hydrogen-bond acceptors (Lipinski definition) is 2. The van der Waals surface area contributed by atoms with E-state index >= 15 is 0 Å². The molecule has 0 aliphatic rings. The lowest BCUT2D eigenvalue weighted by Gasteiger charge is -2.19. The molecule has 3 heteroatoms. The summed E-state index contributed by atoms with van der Waals surface area (Å²) >= 11 is 6.15. The highest BCUT2D eigenvalue weighted by molar-refractivity contribution is 6.32. The predicted molar refractivity (Wildman–Crippen MR) is 73.9 cm³/mol. The Hall–Kier alpha value is -0.730. The maximum absolute atomic E-state index is 6.15. The molecule has 0 heterocycles. The molecule has 1 rings (SSSR count). The highest BCUT2D eigenvalue weighted by atomic mass is 35.5. The van der Waals surface area contributed by atoms with Gasteiger partial charge in [-0.15, -0.1) is 0 Å². The lowest BCUT2D eigenvalue weighted by atomic mass is 9.88. The minimum Gasteiger partial charge on any atom is -0.495 e. The molecule has 1 aromatic rings. The average molecular weight is 256 g/mol. The van der Waals surface area contributed by atoms with Gasteiger partial charge in [-0.05, 0) is 48.9 Å². The number of methoxy groups -OCH3 is 1. The SMILES string of the molecule is COc1ccc(C(CCN)CC(C)C)cc1Cl.